The van der Waals surface area contributed by atoms with Crippen LogP contribution in [0.2, 0.25) is 0 Å². The van der Waals surface area contributed by atoms with Crippen LogP contribution in [0.3, 0.4) is 0 Å². The number of benzene rings is 1. The summed E-state index contributed by atoms with van der Waals surface area (Å²) < 4.78 is 26.9. The Labute approximate surface area is 115 Å². The molecule has 0 amide bonds. The van der Waals surface area contributed by atoms with Gasteiger partial charge in [-0.1, -0.05) is 19.9 Å². The molecule has 1 aromatic carbocycles. The van der Waals surface area contributed by atoms with Crippen molar-refractivity contribution in [3.8, 4) is 0 Å². The van der Waals surface area contributed by atoms with E-state index in [0.29, 0.717) is 17.1 Å². The van der Waals surface area contributed by atoms with Gasteiger partial charge < -0.3 is 5.73 Å². The summed E-state index contributed by atoms with van der Waals surface area (Å²) in [5, 5.41) is 0. The lowest BCUT2D eigenvalue weighted by molar-refractivity contribution is 0.379. The molecule has 106 valence electrons. The van der Waals surface area contributed by atoms with E-state index in [1.165, 1.54) is 0 Å². The first kappa shape index (κ1) is 14.3. The molecule has 0 aromatic heterocycles. The quantitative estimate of drug-likeness (QED) is 0.862. The number of hydrogen-bond donors (Lipinski definition) is 1. The zero-order valence-electron chi connectivity index (χ0n) is 11.6. The molecule has 2 N–H and O–H groups in total. The Morgan fingerprint density at radius 3 is 2.68 bits per heavy atom. The first-order chi connectivity index (χ1) is 9.00. The first-order valence-corrected chi connectivity index (χ1v) is 8.35. The van der Waals surface area contributed by atoms with Crippen LogP contribution in [0.1, 0.15) is 38.7 Å². The summed E-state index contributed by atoms with van der Waals surface area (Å²) >= 11 is 0. The Bertz CT molecular complexity index is 555. The van der Waals surface area contributed by atoms with Gasteiger partial charge in [0.15, 0.2) is 0 Å². The summed E-state index contributed by atoms with van der Waals surface area (Å²) in [6.45, 7) is 4.66. The van der Waals surface area contributed by atoms with Crippen LogP contribution in [-0.2, 0) is 16.4 Å². The Morgan fingerprint density at radius 1 is 1.37 bits per heavy atom. The predicted octanol–water partition coefficient (Wildman–Crippen LogP) is 2.39. The smallest absolute Gasteiger partial charge is 0.243 e. The van der Waals surface area contributed by atoms with Crippen LogP contribution < -0.4 is 5.73 Å². The molecule has 1 aliphatic heterocycles. The minimum atomic E-state index is -3.39. The minimum absolute atomic E-state index is 0.136. The van der Waals surface area contributed by atoms with Crippen LogP contribution in [0.25, 0.3) is 0 Å². The largest absolute Gasteiger partial charge is 0.398 e. The molecule has 1 aromatic rings. The van der Waals surface area contributed by atoms with Crippen LogP contribution in [0.5, 0.6) is 0 Å². The van der Waals surface area contributed by atoms with Gasteiger partial charge in [0, 0.05) is 18.3 Å². The fourth-order valence-corrected chi connectivity index (χ4v) is 4.53. The van der Waals surface area contributed by atoms with E-state index in [9.17, 15) is 8.42 Å². The average molecular weight is 282 g/mol. The number of aryl methyl sites for hydroxylation is 1. The number of sulfonamides is 1. The predicted molar refractivity (Wildman–Crippen MR) is 77.4 cm³/mol. The highest BCUT2D eigenvalue weighted by molar-refractivity contribution is 7.89. The molecule has 1 aliphatic rings. The van der Waals surface area contributed by atoms with Crippen molar-refractivity contribution in [2.24, 2.45) is 0 Å². The van der Waals surface area contributed by atoms with E-state index in [2.05, 4.69) is 0 Å². The molecule has 0 radical (unpaired) electrons. The molecular formula is C14H22N2O2S. The van der Waals surface area contributed by atoms with E-state index in [4.69, 9.17) is 5.73 Å². The Balaban J connectivity index is 2.37. The average Bonchev–Trinajstić information content (AvgIpc) is 2.87. The molecule has 1 fully saturated rings. The second-order valence-electron chi connectivity index (χ2n) is 5.03. The number of nitrogens with two attached hydrogens (primary N) is 1. The molecule has 1 unspecified atom stereocenters. The van der Waals surface area contributed by atoms with Crippen LogP contribution in [0.4, 0.5) is 5.69 Å². The molecule has 5 heteroatoms. The number of nitrogens with zero attached hydrogens (tertiary/aromatic N) is 1. The SMILES string of the molecule is CCc1ccc(S(=O)(=O)N2CCCC2CC)cc1N. The first-order valence-electron chi connectivity index (χ1n) is 6.91. The Morgan fingerprint density at radius 2 is 2.11 bits per heavy atom. The maximum atomic E-state index is 12.6. The van der Waals surface area contributed by atoms with Gasteiger partial charge in [-0.05, 0) is 43.4 Å². The summed E-state index contributed by atoms with van der Waals surface area (Å²) in [6.07, 6.45) is 3.58. The van der Waals surface area contributed by atoms with E-state index < -0.39 is 10.0 Å². The van der Waals surface area contributed by atoms with Gasteiger partial charge in [-0.2, -0.15) is 4.31 Å². The van der Waals surface area contributed by atoms with E-state index >= 15 is 0 Å². The number of nitrogen functional groups attached to an aromatic ring is 1. The molecule has 0 spiro atoms. The lowest BCUT2D eigenvalue weighted by Crippen LogP contribution is -2.35. The van der Waals surface area contributed by atoms with Crippen molar-refractivity contribution in [2.45, 2.75) is 50.5 Å². The number of rotatable bonds is 4. The summed E-state index contributed by atoms with van der Waals surface area (Å²) in [4.78, 5) is 0.322. The molecule has 1 heterocycles. The van der Waals surface area contributed by atoms with Gasteiger partial charge in [-0.25, -0.2) is 8.42 Å². The standard InChI is InChI=1S/C14H22N2O2S/c1-3-11-7-8-13(10-14(11)15)19(17,18)16-9-5-6-12(16)4-2/h7-8,10,12H,3-6,9,15H2,1-2H3. The van der Waals surface area contributed by atoms with Gasteiger partial charge >= 0.3 is 0 Å². The van der Waals surface area contributed by atoms with Crippen molar-refractivity contribution in [3.05, 3.63) is 23.8 Å². The highest BCUT2D eigenvalue weighted by Crippen LogP contribution is 2.29. The zero-order valence-corrected chi connectivity index (χ0v) is 12.4. The molecule has 4 nitrogen and oxygen atoms in total. The molecule has 0 aliphatic carbocycles. The van der Waals surface area contributed by atoms with E-state index in [0.717, 1.165) is 31.2 Å². The van der Waals surface area contributed by atoms with Crippen molar-refractivity contribution < 1.29 is 8.42 Å². The summed E-state index contributed by atoms with van der Waals surface area (Å²) in [7, 11) is -3.39. The second-order valence-corrected chi connectivity index (χ2v) is 6.92. The van der Waals surface area contributed by atoms with Crippen LogP contribution in [-0.4, -0.2) is 25.3 Å². The number of hydrogen-bond acceptors (Lipinski definition) is 3. The van der Waals surface area contributed by atoms with Gasteiger partial charge in [0.2, 0.25) is 10.0 Å². The third-order valence-electron chi connectivity index (χ3n) is 3.90. The molecule has 2 rings (SSSR count). The maximum absolute atomic E-state index is 12.6. The molecule has 1 saturated heterocycles. The second kappa shape index (κ2) is 5.51. The lowest BCUT2D eigenvalue weighted by atomic mass is 10.1. The molecule has 1 atom stereocenters. The van der Waals surface area contributed by atoms with Crippen molar-refractivity contribution in [1.29, 1.82) is 0 Å². The topological polar surface area (TPSA) is 63.4 Å². The third-order valence-corrected chi connectivity index (χ3v) is 5.85. The lowest BCUT2D eigenvalue weighted by Gasteiger charge is -2.23. The zero-order chi connectivity index (χ0) is 14.0. The van der Waals surface area contributed by atoms with Crippen LogP contribution in [0.15, 0.2) is 23.1 Å². The maximum Gasteiger partial charge on any atom is 0.243 e. The summed E-state index contributed by atoms with van der Waals surface area (Å²) in [5.74, 6) is 0. The van der Waals surface area contributed by atoms with E-state index in [1.807, 2.05) is 19.9 Å². The monoisotopic (exact) mass is 282 g/mol. The molecular weight excluding hydrogens is 260 g/mol. The normalized spacial score (nSPS) is 20.8. The van der Waals surface area contributed by atoms with Crippen LogP contribution >= 0.6 is 0 Å². The highest BCUT2D eigenvalue weighted by Gasteiger charge is 2.34. The third kappa shape index (κ3) is 2.62. The fourth-order valence-electron chi connectivity index (χ4n) is 2.72. The number of anilines is 1. The summed E-state index contributed by atoms with van der Waals surface area (Å²) in [5.41, 5.74) is 7.47. The van der Waals surface area contributed by atoms with Crippen LogP contribution in [0, 0.1) is 0 Å². The highest BCUT2D eigenvalue weighted by atomic mass is 32.2. The van der Waals surface area contributed by atoms with Gasteiger partial charge in [-0.3, -0.25) is 0 Å². The van der Waals surface area contributed by atoms with E-state index in [1.54, 1.807) is 16.4 Å². The van der Waals surface area contributed by atoms with Crippen molar-refractivity contribution in [2.75, 3.05) is 12.3 Å². The Kier molecular flexibility index (Phi) is 4.16. The van der Waals surface area contributed by atoms with E-state index in [-0.39, 0.29) is 6.04 Å². The molecule has 0 bridgehead atoms. The Hall–Kier alpha value is -1.07. The fraction of sp³-hybridized carbons (Fsp3) is 0.571. The molecule has 0 saturated carbocycles. The summed E-state index contributed by atoms with van der Waals surface area (Å²) in [6, 6.07) is 5.23. The van der Waals surface area contributed by atoms with Gasteiger partial charge in [-0.15, -0.1) is 0 Å². The van der Waals surface area contributed by atoms with Gasteiger partial charge in [0.1, 0.15) is 0 Å². The van der Waals surface area contributed by atoms with Crippen molar-refractivity contribution in [1.82, 2.24) is 4.31 Å². The minimum Gasteiger partial charge on any atom is -0.398 e. The molecule has 19 heavy (non-hydrogen) atoms. The van der Waals surface area contributed by atoms with Crippen molar-refractivity contribution >= 4 is 15.7 Å². The van der Waals surface area contributed by atoms with Crippen molar-refractivity contribution in [3.63, 3.8) is 0 Å². The van der Waals surface area contributed by atoms with Gasteiger partial charge in [0.25, 0.3) is 0 Å². The van der Waals surface area contributed by atoms with Gasteiger partial charge in [0.05, 0.1) is 4.90 Å².